The van der Waals surface area contributed by atoms with Gasteiger partial charge in [-0.3, -0.25) is 0 Å². The highest BCUT2D eigenvalue weighted by Crippen LogP contribution is 2.37. The number of rotatable bonds is 6. The van der Waals surface area contributed by atoms with Crippen molar-refractivity contribution in [3.63, 3.8) is 0 Å². The number of carbonyl (C=O) groups excluding carboxylic acids is 1. The van der Waals surface area contributed by atoms with E-state index < -0.39 is 0 Å². The van der Waals surface area contributed by atoms with Crippen LogP contribution in [0.25, 0.3) is 0 Å². The molecule has 124 valence electrons. The lowest BCUT2D eigenvalue weighted by atomic mass is 9.86. The first-order valence-corrected chi connectivity index (χ1v) is 8.19. The van der Waals surface area contributed by atoms with Crippen molar-refractivity contribution in [2.24, 2.45) is 5.41 Å². The molecular weight excluding hydrogens is 290 g/mol. The molecule has 1 fully saturated rings. The van der Waals surface area contributed by atoms with Crippen molar-refractivity contribution in [3.05, 3.63) is 35.9 Å². The van der Waals surface area contributed by atoms with E-state index in [2.05, 4.69) is 16.7 Å². The second kappa shape index (κ2) is 7.98. The first-order chi connectivity index (χ1) is 11.1. The van der Waals surface area contributed by atoms with Crippen LogP contribution in [0.15, 0.2) is 30.3 Å². The zero-order chi connectivity index (χ0) is 16.7. The summed E-state index contributed by atoms with van der Waals surface area (Å²) < 4.78 is 0. The van der Waals surface area contributed by atoms with E-state index in [1.165, 1.54) is 0 Å². The van der Waals surface area contributed by atoms with Crippen molar-refractivity contribution < 1.29 is 9.90 Å². The van der Waals surface area contributed by atoms with Crippen LogP contribution >= 0.6 is 0 Å². The largest absolute Gasteiger partial charge is 0.396 e. The molecule has 0 saturated heterocycles. The number of urea groups is 1. The van der Waals surface area contributed by atoms with Crippen LogP contribution < -0.4 is 10.6 Å². The Bertz CT molecular complexity index is 555. The molecule has 1 aliphatic rings. The molecule has 5 heteroatoms. The zero-order valence-electron chi connectivity index (χ0n) is 13.6. The summed E-state index contributed by atoms with van der Waals surface area (Å²) in [6.45, 7) is 2.09. The minimum Gasteiger partial charge on any atom is -0.396 e. The third-order valence-electron chi connectivity index (χ3n) is 4.80. The van der Waals surface area contributed by atoms with Gasteiger partial charge in [-0.15, -0.1) is 0 Å². The van der Waals surface area contributed by atoms with Gasteiger partial charge in [-0.1, -0.05) is 43.7 Å². The number of nitrogens with one attached hydrogen (secondary N) is 2. The quantitative estimate of drug-likeness (QED) is 0.754. The Labute approximate surface area is 137 Å². The molecule has 0 spiro atoms. The summed E-state index contributed by atoms with van der Waals surface area (Å²) >= 11 is 0. The van der Waals surface area contributed by atoms with Gasteiger partial charge >= 0.3 is 6.03 Å². The molecule has 1 aromatic carbocycles. The van der Waals surface area contributed by atoms with E-state index in [0.717, 1.165) is 24.8 Å². The third-order valence-corrected chi connectivity index (χ3v) is 4.80. The monoisotopic (exact) mass is 315 g/mol. The number of hydrogen-bond donors (Lipinski definition) is 3. The first-order valence-electron chi connectivity index (χ1n) is 8.19. The Hall–Kier alpha value is -2.06. The maximum atomic E-state index is 12.4. The van der Waals surface area contributed by atoms with Gasteiger partial charge < -0.3 is 15.7 Å². The molecule has 1 saturated carbocycles. The van der Waals surface area contributed by atoms with Crippen LogP contribution in [0, 0.1) is 16.7 Å². The third kappa shape index (κ3) is 4.46. The molecule has 0 heterocycles. The minimum absolute atomic E-state index is 0.0140. The number of hydrogen-bond acceptors (Lipinski definition) is 3. The molecule has 1 aliphatic carbocycles. The Morgan fingerprint density at radius 3 is 2.87 bits per heavy atom. The molecule has 0 aliphatic heterocycles. The van der Waals surface area contributed by atoms with Gasteiger partial charge in [0.15, 0.2) is 0 Å². The summed E-state index contributed by atoms with van der Waals surface area (Å²) in [6, 6.07) is 11.4. The number of aliphatic hydroxyl groups excluding tert-OH is 1. The number of carbonyl (C=O) groups is 1. The van der Waals surface area contributed by atoms with Gasteiger partial charge in [-0.25, -0.2) is 4.79 Å². The fraction of sp³-hybridized carbons (Fsp3) is 0.556. The van der Waals surface area contributed by atoms with E-state index >= 15 is 0 Å². The fourth-order valence-corrected chi connectivity index (χ4v) is 3.24. The summed E-state index contributed by atoms with van der Waals surface area (Å²) in [7, 11) is 0. The predicted octanol–water partition coefficient (Wildman–Crippen LogP) is 2.88. The highest BCUT2D eigenvalue weighted by atomic mass is 16.3. The first kappa shape index (κ1) is 17.3. The maximum Gasteiger partial charge on any atom is 0.315 e. The van der Waals surface area contributed by atoms with E-state index in [1.807, 2.05) is 37.3 Å². The minimum atomic E-state index is -0.244. The van der Waals surface area contributed by atoms with Gasteiger partial charge in [-0.05, 0) is 24.8 Å². The fourth-order valence-electron chi connectivity index (χ4n) is 3.24. The standard InChI is InChI=1S/C18H25N3O2/c1-18(13-22)11-5-10-16(18)21-17(23)20-15(9-6-12-19)14-7-3-2-4-8-14/h2-4,7-8,15-16,22H,5-6,9-11,13H2,1H3,(H2,20,21,23). The topological polar surface area (TPSA) is 85.2 Å². The van der Waals surface area contributed by atoms with E-state index in [1.54, 1.807) is 0 Å². The van der Waals surface area contributed by atoms with E-state index in [-0.39, 0.29) is 30.1 Å². The molecule has 3 unspecified atom stereocenters. The van der Waals surface area contributed by atoms with Crippen LogP contribution in [0.2, 0.25) is 0 Å². The molecule has 2 rings (SSSR count). The molecule has 3 atom stereocenters. The van der Waals surface area contributed by atoms with Crippen LogP contribution in [0.4, 0.5) is 4.79 Å². The predicted molar refractivity (Wildman–Crippen MR) is 88.5 cm³/mol. The molecule has 23 heavy (non-hydrogen) atoms. The molecule has 2 amide bonds. The number of aliphatic hydroxyl groups is 1. The van der Waals surface area contributed by atoms with Gasteiger partial charge in [0.05, 0.1) is 18.7 Å². The molecule has 0 bridgehead atoms. The zero-order valence-corrected chi connectivity index (χ0v) is 13.6. The van der Waals surface area contributed by atoms with Gasteiger partial charge in [0.2, 0.25) is 0 Å². The van der Waals surface area contributed by atoms with Crippen molar-refractivity contribution in [1.82, 2.24) is 10.6 Å². The maximum absolute atomic E-state index is 12.4. The lowest BCUT2D eigenvalue weighted by molar-refractivity contribution is 0.120. The number of amides is 2. The second-order valence-electron chi connectivity index (χ2n) is 6.53. The second-order valence-corrected chi connectivity index (χ2v) is 6.53. The summed E-state index contributed by atoms with van der Waals surface area (Å²) in [6.07, 6.45) is 3.79. The molecule has 1 aromatic rings. The molecule has 0 radical (unpaired) electrons. The van der Waals surface area contributed by atoms with Crippen LogP contribution in [0.1, 0.15) is 50.6 Å². The SMILES string of the molecule is CC1(CO)CCCC1NC(=O)NC(CCC#N)c1ccccc1. The van der Waals surface area contributed by atoms with Crippen molar-refractivity contribution in [2.75, 3.05) is 6.61 Å². The van der Waals surface area contributed by atoms with E-state index in [0.29, 0.717) is 12.8 Å². The summed E-state index contributed by atoms with van der Waals surface area (Å²) in [5.41, 5.74) is 0.751. The summed E-state index contributed by atoms with van der Waals surface area (Å²) in [5.74, 6) is 0. The van der Waals surface area contributed by atoms with Crippen molar-refractivity contribution in [3.8, 4) is 6.07 Å². The van der Waals surface area contributed by atoms with Crippen molar-refractivity contribution in [1.29, 1.82) is 5.26 Å². The van der Waals surface area contributed by atoms with Crippen LogP contribution in [-0.2, 0) is 0 Å². The average molecular weight is 315 g/mol. The summed E-state index contributed by atoms with van der Waals surface area (Å²) in [5, 5.41) is 24.4. The van der Waals surface area contributed by atoms with Gasteiger partial charge in [0, 0.05) is 17.9 Å². The van der Waals surface area contributed by atoms with Crippen molar-refractivity contribution in [2.45, 2.75) is 51.1 Å². The average Bonchev–Trinajstić information content (AvgIpc) is 2.93. The van der Waals surface area contributed by atoms with Gasteiger partial charge in [0.1, 0.15) is 0 Å². The molecule has 0 aromatic heterocycles. The van der Waals surface area contributed by atoms with Crippen LogP contribution in [-0.4, -0.2) is 23.8 Å². The highest BCUT2D eigenvalue weighted by molar-refractivity contribution is 5.75. The molecule has 3 N–H and O–H groups in total. The Morgan fingerprint density at radius 2 is 2.22 bits per heavy atom. The lowest BCUT2D eigenvalue weighted by Crippen LogP contribution is -2.49. The van der Waals surface area contributed by atoms with Gasteiger partial charge in [-0.2, -0.15) is 5.26 Å². The van der Waals surface area contributed by atoms with Crippen LogP contribution in [0.5, 0.6) is 0 Å². The highest BCUT2D eigenvalue weighted by Gasteiger charge is 2.39. The number of nitrogens with zero attached hydrogens (tertiary/aromatic N) is 1. The smallest absolute Gasteiger partial charge is 0.315 e. The Morgan fingerprint density at radius 1 is 1.48 bits per heavy atom. The Kier molecular flexibility index (Phi) is 6.00. The Balaban J connectivity index is 1.99. The van der Waals surface area contributed by atoms with Gasteiger partial charge in [0.25, 0.3) is 0 Å². The lowest BCUT2D eigenvalue weighted by Gasteiger charge is -2.31. The van der Waals surface area contributed by atoms with E-state index in [4.69, 9.17) is 5.26 Å². The van der Waals surface area contributed by atoms with E-state index in [9.17, 15) is 9.90 Å². The number of nitriles is 1. The molecular formula is C18H25N3O2. The normalized spacial score (nSPS) is 24.7. The van der Waals surface area contributed by atoms with Crippen molar-refractivity contribution >= 4 is 6.03 Å². The van der Waals surface area contributed by atoms with Crippen LogP contribution in [0.3, 0.4) is 0 Å². The molecule has 5 nitrogen and oxygen atoms in total. The summed E-state index contributed by atoms with van der Waals surface area (Å²) in [4.78, 5) is 12.4. The number of benzene rings is 1.